The minimum absolute atomic E-state index is 0.00278. The van der Waals surface area contributed by atoms with Crippen LogP contribution in [0.2, 0.25) is 0 Å². The molecule has 0 N–H and O–H groups in total. The van der Waals surface area contributed by atoms with Gasteiger partial charge >= 0.3 is 0 Å². The van der Waals surface area contributed by atoms with Crippen molar-refractivity contribution in [3.05, 3.63) is 129 Å². The third-order valence-electron chi connectivity index (χ3n) is 19.9. The van der Waals surface area contributed by atoms with Gasteiger partial charge in [-0.2, -0.15) is 0 Å². The van der Waals surface area contributed by atoms with E-state index in [1.54, 1.807) is 5.56 Å². The highest BCUT2D eigenvalue weighted by molar-refractivity contribution is 7.01. The van der Waals surface area contributed by atoms with Crippen molar-refractivity contribution >= 4 is 84.9 Å². The normalized spacial score (nSPS) is 25.5. The molecule has 4 nitrogen and oxygen atoms in total. The van der Waals surface area contributed by atoms with E-state index >= 15 is 0 Å². The molecule has 0 spiro atoms. The lowest BCUT2D eigenvalue weighted by atomic mass is 9.32. The highest BCUT2D eigenvalue weighted by Gasteiger charge is 2.63. The minimum atomic E-state index is -0.116. The lowest BCUT2D eigenvalue weighted by molar-refractivity contribution is 0.193. The van der Waals surface area contributed by atoms with Crippen molar-refractivity contribution in [2.45, 2.75) is 181 Å². The molecule has 6 aliphatic rings. The molecular formula is C64H72BN3O. The molecule has 1 aromatic heterocycles. The molecule has 0 bridgehead atoms. The van der Waals surface area contributed by atoms with Crippen LogP contribution in [0.15, 0.2) is 89.3 Å². The predicted octanol–water partition coefficient (Wildman–Crippen LogP) is 15.5. The lowest BCUT2D eigenvalue weighted by Crippen LogP contribution is -2.65. The van der Waals surface area contributed by atoms with E-state index < -0.39 is 0 Å². The van der Waals surface area contributed by atoms with E-state index in [0.29, 0.717) is 0 Å². The topological polar surface area (TPSA) is 22.9 Å². The summed E-state index contributed by atoms with van der Waals surface area (Å²) in [5, 5.41) is 2.39. The summed E-state index contributed by atoms with van der Waals surface area (Å²) in [7, 11) is 0. The van der Waals surface area contributed by atoms with Crippen LogP contribution in [-0.2, 0) is 21.7 Å². The second kappa shape index (κ2) is 13.7. The summed E-state index contributed by atoms with van der Waals surface area (Å²) < 4.78 is 6.89. The largest absolute Gasteiger partial charge is 0.456 e. The van der Waals surface area contributed by atoms with Crippen LogP contribution in [0.3, 0.4) is 0 Å². The summed E-state index contributed by atoms with van der Waals surface area (Å²) in [5.41, 5.74) is 27.0. The first kappa shape index (κ1) is 43.6. The van der Waals surface area contributed by atoms with Crippen molar-refractivity contribution in [3.8, 4) is 0 Å². The summed E-state index contributed by atoms with van der Waals surface area (Å²) in [4.78, 5) is 8.60. The smallest absolute Gasteiger partial charge is 0.252 e. The molecule has 0 saturated heterocycles. The van der Waals surface area contributed by atoms with Gasteiger partial charge in [0.1, 0.15) is 11.2 Å². The number of benzene rings is 6. The molecule has 0 radical (unpaired) electrons. The zero-order valence-electron chi connectivity index (χ0n) is 44.1. The van der Waals surface area contributed by atoms with Gasteiger partial charge in [-0.1, -0.05) is 141 Å². The first-order valence-electron chi connectivity index (χ1n) is 26.6. The minimum Gasteiger partial charge on any atom is -0.456 e. The fraction of sp³-hybridized carbons (Fsp3) is 0.438. The number of nitrogens with zero attached hydrogens (tertiary/aromatic N) is 3. The molecule has 7 aromatic rings. The Kier molecular flexibility index (Phi) is 8.66. The number of rotatable bonds is 2. The van der Waals surface area contributed by atoms with Gasteiger partial charge in [0.2, 0.25) is 0 Å². The van der Waals surface area contributed by atoms with E-state index in [1.807, 2.05) is 0 Å². The van der Waals surface area contributed by atoms with Crippen LogP contribution in [0.25, 0.3) is 21.9 Å². The molecular weight excluding hydrogens is 838 g/mol. The van der Waals surface area contributed by atoms with Crippen LogP contribution in [0.1, 0.15) is 165 Å². The molecule has 2 saturated carbocycles. The Morgan fingerprint density at radius 3 is 1.86 bits per heavy atom. The lowest BCUT2D eigenvalue weighted by Gasteiger charge is -2.54. The Morgan fingerprint density at radius 2 is 1.16 bits per heavy atom. The highest BCUT2D eigenvalue weighted by Crippen LogP contribution is 2.66. The molecule has 352 valence electrons. The molecule has 4 aliphatic heterocycles. The second-order valence-electron chi connectivity index (χ2n) is 25.8. The molecule has 69 heavy (non-hydrogen) atoms. The van der Waals surface area contributed by atoms with Crippen molar-refractivity contribution in [1.82, 2.24) is 0 Å². The van der Waals surface area contributed by atoms with Crippen LogP contribution in [-0.4, -0.2) is 17.8 Å². The first-order chi connectivity index (χ1) is 32.6. The van der Waals surface area contributed by atoms with Crippen LogP contribution >= 0.6 is 0 Å². The summed E-state index contributed by atoms with van der Waals surface area (Å²) in [6.07, 6.45) is 9.76. The van der Waals surface area contributed by atoms with Crippen LogP contribution in [0.4, 0.5) is 39.8 Å². The van der Waals surface area contributed by atoms with Crippen molar-refractivity contribution in [2.24, 2.45) is 0 Å². The maximum absolute atomic E-state index is 6.89. The van der Waals surface area contributed by atoms with E-state index in [0.717, 1.165) is 17.6 Å². The van der Waals surface area contributed by atoms with Crippen LogP contribution < -0.4 is 31.1 Å². The Morgan fingerprint density at radius 1 is 0.522 bits per heavy atom. The van der Waals surface area contributed by atoms with E-state index in [9.17, 15) is 0 Å². The number of hydrogen-bond acceptors (Lipinski definition) is 4. The standard InChI is InChI=1S/C64H72BN3O/c1-37-31-38(2)54-58-53(37)62(12)28-18-20-30-64(62,14)68(58)49-36-43(67-47-25-23-41(59(5,6)7)34-45(47)61(11)27-17-19-29-63(61,67)13)35-48-55(49)65(54)46-24-26-51-52(44-21-15-16-22-50(44)69-51)57(46)66(48)56-39(3)32-42(33-40(56)4)60(8,9)10/h15-16,21-26,31-36H,17-20,27-30H2,1-14H3. The van der Waals surface area contributed by atoms with Gasteiger partial charge in [0.15, 0.2) is 0 Å². The predicted molar refractivity (Wildman–Crippen MR) is 295 cm³/mol. The van der Waals surface area contributed by atoms with Crippen LogP contribution in [0, 0.1) is 27.7 Å². The third kappa shape index (κ3) is 5.33. The van der Waals surface area contributed by atoms with Gasteiger partial charge in [-0.15, -0.1) is 0 Å². The molecule has 0 amide bonds. The van der Waals surface area contributed by atoms with Crippen molar-refractivity contribution in [3.63, 3.8) is 0 Å². The number of fused-ring (bicyclic) bond motifs is 14. The van der Waals surface area contributed by atoms with Gasteiger partial charge < -0.3 is 19.1 Å². The summed E-state index contributed by atoms with van der Waals surface area (Å²) >= 11 is 0. The number of anilines is 7. The molecule has 5 heteroatoms. The average Bonchev–Trinajstić information content (AvgIpc) is 3.85. The van der Waals surface area contributed by atoms with Crippen molar-refractivity contribution in [1.29, 1.82) is 0 Å². The number of para-hydroxylation sites is 1. The van der Waals surface area contributed by atoms with Gasteiger partial charge in [-0.3, -0.25) is 0 Å². The second-order valence-corrected chi connectivity index (χ2v) is 25.8. The third-order valence-corrected chi connectivity index (χ3v) is 19.9. The summed E-state index contributed by atoms with van der Waals surface area (Å²) in [6.45, 7) is 34.4. The average molecular weight is 910 g/mol. The molecule has 6 aromatic carbocycles. The highest BCUT2D eigenvalue weighted by atomic mass is 16.3. The SMILES string of the molecule is Cc1cc(C)c2c3c1B1c4ccc5oc6ccccc6c5c4N(c4c(C)cc(C(C)(C)C)cc4C)c4cc(N5c6ccc(C(C)(C)C)cc6C6(C)CCCCC56C)cc(c41)N3C1(C)CCCCC21C. The maximum Gasteiger partial charge on any atom is 0.252 e. The molecule has 13 rings (SSSR count). The Labute approximate surface area is 412 Å². The van der Waals surface area contributed by atoms with Crippen LogP contribution in [0.5, 0.6) is 0 Å². The molecule has 2 fully saturated rings. The number of furan rings is 1. The van der Waals surface area contributed by atoms with Gasteiger partial charge in [0.25, 0.3) is 6.71 Å². The number of aryl methyl sites for hydroxylation is 4. The first-order valence-corrected chi connectivity index (χ1v) is 26.6. The fourth-order valence-corrected chi connectivity index (χ4v) is 16.0. The quantitative estimate of drug-likeness (QED) is 0.161. The van der Waals surface area contributed by atoms with E-state index in [2.05, 4.69) is 197 Å². The molecule has 2 aliphatic carbocycles. The zero-order valence-corrected chi connectivity index (χ0v) is 44.1. The molecule has 5 heterocycles. The van der Waals surface area contributed by atoms with E-state index in [4.69, 9.17) is 4.42 Å². The van der Waals surface area contributed by atoms with E-state index in [1.165, 1.54) is 151 Å². The van der Waals surface area contributed by atoms with Crippen molar-refractivity contribution in [2.75, 3.05) is 14.7 Å². The number of hydrogen-bond donors (Lipinski definition) is 0. The van der Waals surface area contributed by atoms with Gasteiger partial charge in [0, 0.05) is 44.7 Å². The summed E-state index contributed by atoms with van der Waals surface area (Å²) in [5.74, 6) is 0. The van der Waals surface area contributed by atoms with Gasteiger partial charge in [0.05, 0.1) is 27.8 Å². The van der Waals surface area contributed by atoms with Gasteiger partial charge in [-0.05, 0) is 164 Å². The fourth-order valence-electron chi connectivity index (χ4n) is 16.0. The maximum atomic E-state index is 6.89. The zero-order chi connectivity index (χ0) is 48.3. The van der Waals surface area contributed by atoms with Gasteiger partial charge in [-0.25, -0.2) is 0 Å². The molecule has 4 atom stereocenters. The Balaban J connectivity index is 1.21. The Hall–Kier alpha value is -5.42. The van der Waals surface area contributed by atoms with Crippen molar-refractivity contribution < 1.29 is 4.42 Å². The summed E-state index contributed by atoms with van der Waals surface area (Å²) in [6, 6.07) is 34.0. The Bertz CT molecular complexity index is 3390. The molecule has 4 unspecified atom stereocenters. The van der Waals surface area contributed by atoms with E-state index in [-0.39, 0.29) is 39.5 Å². The monoisotopic (exact) mass is 910 g/mol.